The molecule has 4 heterocycles. The molecule has 8 nitrogen and oxygen atoms in total. The summed E-state index contributed by atoms with van der Waals surface area (Å²) in [6, 6.07) is 4.23. The molecule has 0 radical (unpaired) electrons. The van der Waals surface area contributed by atoms with E-state index in [1.54, 1.807) is 13.3 Å². The van der Waals surface area contributed by atoms with Crippen LogP contribution in [0.4, 0.5) is 17.5 Å². The maximum Gasteiger partial charge on any atom is 0.237 e. The van der Waals surface area contributed by atoms with E-state index in [0.717, 1.165) is 47.6 Å². The van der Waals surface area contributed by atoms with E-state index in [4.69, 9.17) is 14.7 Å². The van der Waals surface area contributed by atoms with Gasteiger partial charge in [0.1, 0.15) is 11.2 Å². The molecule has 1 unspecified atom stereocenters. The molecule has 0 spiro atoms. The highest BCUT2D eigenvalue weighted by atomic mass is 16.5. The molecular weight excluding hydrogens is 390 g/mol. The third kappa shape index (κ3) is 4.54. The molecule has 1 aliphatic rings. The first-order chi connectivity index (χ1) is 14.7. The minimum absolute atomic E-state index is 0.0906. The van der Waals surface area contributed by atoms with E-state index in [2.05, 4.69) is 66.3 Å². The molecule has 0 aliphatic carbocycles. The van der Waals surface area contributed by atoms with Crippen molar-refractivity contribution in [3.8, 4) is 5.88 Å². The predicted octanol–water partition coefficient (Wildman–Crippen LogP) is 4.01. The van der Waals surface area contributed by atoms with Crippen LogP contribution in [0.15, 0.2) is 24.5 Å². The summed E-state index contributed by atoms with van der Waals surface area (Å²) < 4.78 is 5.54. The number of nitrogens with one attached hydrogen (secondary N) is 2. The van der Waals surface area contributed by atoms with Crippen molar-refractivity contribution < 1.29 is 4.74 Å². The normalized spacial score (nSPS) is 15.4. The van der Waals surface area contributed by atoms with Crippen LogP contribution < -0.4 is 15.4 Å². The molecule has 1 aliphatic heterocycles. The van der Waals surface area contributed by atoms with Crippen molar-refractivity contribution in [2.45, 2.75) is 46.7 Å². The molecule has 1 atom stereocenters. The Labute approximate surface area is 183 Å². The van der Waals surface area contributed by atoms with Gasteiger partial charge in [-0.1, -0.05) is 20.8 Å². The molecular formula is C23H31N7O. The lowest BCUT2D eigenvalue weighted by molar-refractivity contribution is 0.307. The first-order valence-electron chi connectivity index (χ1n) is 10.6. The zero-order chi connectivity index (χ0) is 22.2. The smallest absolute Gasteiger partial charge is 0.237 e. The summed E-state index contributed by atoms with van der Waals surface area (Å²) in [5.74, 6) is 1.79. The van der Waals surface area contributed by atoms with E-state index >= 15 is 0 Å². The van der Waals surface area contributed by atoms with Crippen LogP contribution in [-0.4, -0.2) is 51.6 Å². The molecule has 0 bridgehead atoms. The second-order valence-corrected chi connectivity index (χ2v) is 9.29. The van der Waals surface area contributed by atoms with Gasteiger partial charge in [0.2, 0.25) is 11.8 Å². The molecule has 0 aromatic carbocycles. The molecule has 0 saturated heterocycles. The van der Waals surface area contributed by atoms with Gasteiger partial charge in [-0.2, -0.15) is 0 Å². The Morgan fingerprint density at radius 1 is 1.19 bits per heavy atom. The lowest BCUT2D eigenvalue weighted by atomic mass is 9.88. The molecule has 8 heteroatoms. The Morgan fingerprint density at radius 3 is 2.74 bits per heavy atom. The summed E-state index contributed by atoms with van der Waals surface area (Å²) in [6.45, 7) is 10.6. The Kier molecular flexibility index (Phi) is 5.66. The standard InChI is InChI=1S/C23H31N7O/c1-14(23(2,3)4)26-20-19-15(7-9-24-20)12-25-22(29-19)28-18-11-16-13-30(5)10-8-17(16)27-21(18)31-6/h7,9,11-12,14H,8,10,13H2,1-6H3,(H,24,26)(H,25,28,29). The van der Waals surface area contributed by atoms with Crippen LogP contribution in [0, 0.1) is 5.41 Å². The number of nitrogens with zero attached hydrogens (tertiary/aromatic N) is 5. The molecule has 3 aromatic heterocycles. The number of pyridine rings is 2. The second kappa shape index (κ2) is 8.26. The van der Waals surface area contributed by atoms with Crippen LogP contribution in [0.1, 0.15) is 39.0 Å². The minimum Gasteiger partial charge on any atom is -0.480 e. The van der Waals surface area contributed by atoms with Crippen LogP contribution >= 0.6 is 0 Å². The molecule has 31 heavy (non-hydrogen) atoms. The number of hydrogen-bond acceptors (Lipinski definition) is 8. The Morgan fingerprint density at radius 2 is 2.00 bits per heavy atom. The molecule has 4 rings (SSSR count). The Bertz CT molecular complexity index is 1090. The van der Waals surface area contributed by atoms with Gasteiger partial charge in [-0.15, -0.1) is 0 Å². The van der Waals surface area contributed by atoms with Gasteiger partial charge in [-0.3, -0.25) is 0 Å². The van der Waals surface area contributed by atoms with Gasteiger partial charge in [-0.05, 0) is 37.1 Å². The van der Waals surface area contributed by atoms with Gasteiger partial charge in [0.05, 0.1) is 12.8 Å². The van der Waals surface area contributed by atoms with E-state index in [1.165, 1.54) is 5.56 Å². The van der Waals surface area contributed by atoms with Crippen molar-refractivity contribution in [2.75, 3.05) is 31.3 Å². The van der Waals surface area contributed by atoms with Crippen LogP contribution in [0.25, 0.3) is 10.9 Å². The number of methoxy groups -OCH3 is 1. The highest BCUT2D eigenvalue weighted by molar-refractivity contribution is 5.88. The maximum absolute atomic E-state index is 5.54. The number of likely N-dealkylation sites (N-methyl/N-ethyl adjacent to an activating group) is 1. The van der Waals surface area contributed by atoms with Crippen molar-refractivity contribution in [3.05, 3.63) is 35.8 Å². The molecule has 0 amide bonds. The SMILES string of the molecule is COc1nc2c(cc1Nc1ncc3ccnc(NC(C)C(C)(C)C)c3n1)CN(C)CC2. The fourth-order valence-corrected chi connectivity index (χ4v) is 3.50. The fraction of sp³-hybridized carbons (Fsp3) is 0.478. The number of aromatic nitrogens is 4. The molecule has 0 fully saturated rings. The van der Waals surface area contributed by atoms with Crippen LogP contribution in [0.2, 0.25) is 0 Å². The van der Waals surface area contributed by atoms with E-state index in [-0.39, 0.29) is 11.5 Å². The lowest BCUT2D eigenvalue weighted by Gasteiger charge is -2.28. The van der Waals surface area contributed by atoms with Crippen molar-refractivity contribution in [3.63, 3.8) is 0 Å². The summed E-state index contributed by atoms with van der Waals surface area (Å²) >= 11 is 0. The van der Waals surface area contributed by atoms with Crippen LogP contribution in [0.3, 0.4) is 0 Å². The Hall–Kier alpha value is -3.00. The number of hydrogen-bond donors (Lipinski definition) is 2. The topological polar surface area (TPSA) is 88.1 Å². The first kappa shape index (κ1) is 21.2. The molecule has 0 saturated carbocycles. The molecule has 164 valence electrons. The predicted molar refractivity (Wildman–Crippen MR) is 124 cm³/mol. The average molecular weight is 422 g/mol. The number of rotatable bonds is 5. The summed E-state index contributed by atoms with van der Waals surface area (Å²) in [4.78, 5) is 20.8. The zero-order valence-corrected chi connectivity index (χ0v) is 19.2. The summed E-state index contributed by atoms with van der Waals surface area (Å²) in [6.07, 6.45) is 4.51. The van der Waals surface area contributed by atoms with E-state index < -0.39 is 0 Å². The van der Waals surface area contributed by atoms with Gasteiger partial charge in [0, 0.05) is 43.3 Å². The number of ether oxygens (including phenoxy) is 1. The van der Waals surface area contributed by atoms with Gasteiger partial charge >= 0.3 is 0 Å². The van der Waals surface area contributed by atoms with E-state index in [0.29, 0.717) is 11.8 Å². The lowest BCUT2D eigenvalue weighted by Crippen LogP contribution is -2.31. The van der Waals surface area contributed by atoms with Gasteiger partial charge in [-0.25, -0.2) is 19.9 Å². The summed E-state index contributed by atoms with van der Waals surface area (Å²) in [5.41, 5.74) is 3.92. The largest absolute Gasteiger partial charge is 0.480 e. The summed E-state index contributed by atoms with van der Waals surface area (Å²) in [7, 11) is 3.75. The maximum atomic E-state index is 5.54. The zero-order valence-electron chi connectivity index (χ0n) is 19.2. The van der Waals surface area contributed by atoms with Gasteiger partial charge < -0.3 is 20.3 Å². The van der Waals surface area contributed by atoms with Gasteiger partial charge in [0.15, 0.2) is 5.82 Å². The number of anilines is 3. The highest BCUT2D eigenvalue weighted by Crippen LogP contribution is 2.31. The van der Waals surface area contributed by atoms with E-state index in [9.17, 15) is 0 Å². The van der Waals surface area contributed by atoms with Crippen molar-refractivity contribution in [1.29, 1.82) is 0 Å². The second-order valence-electron chi connectivity index (χ2n) is 9.29. The van der Waals surface area contributed by atoms with Crippen LogP contribution in [0.5, 0.6) is 5.88 Å². The molecule has 3 aromatic rings. The highest BCUT2D eigenvalue weighted by Gasteiger charge is 2.22. The van der Waals surface area contributed by atoms with Gasteiger partial charge in [0.25, 0.3) is 0 Å². The third-order valence-electron chi connectivity index (χ3n) is 5.92. The van der Waals surface area contributed by atoms with Crippen molar-refractivity contribution in [2.24, 2.45) is 5.41 Å². The van der Waals surface area contributed by atoms with E-state index in [1.807, 2.05) is 12.3 Å². The monoisotopic (exact) mass is 421 g/mol. The quantitative estimate of drug-likeness (QED) is 0.639. The van der Waals surface area contributed by atoms with Crippen LogP contribution in [-0.2, 0) is 13.0 Å². The first-order valence-corrected chi connectivity index (χ1v) is 10.6. The average Bonchev–Trinajstić information content (AvgIpc) is 2.73. The minimum atomic E-state index is 0.0906. The summed E-state index contributed by atoms with van der Waals surface area (Å²) in [5, 5.41) is 7.75. The number of fused-ring (bicyclic) bond motifs is 2. The fourth-order valence-electron chi connectivity index (χ4n) is 3.50. The van der Waals surface area contributed by atoms with Crippen molar-refractivity contribution >= 4 is 28.4 Å². The third-order valence-corrected chi connectivity index (χ3v) is 5.92. The Balaban J connectivity index is 1.68. The molecule has 2 N–H and O–H groups in total. The van der Waals surface area contributed by atoms with Crippen molar-refractivity contribution in [1.82, 2.24) is 24.8 Å².